The Bertz CT molecular complexity index is 1170. The third-order valence-corrected chi connectivity index (χ3v) is 5.81. The molecule has 0 spiro atoms. The Morgan fingerprint density at radius 2 is 2.16 bits per heavy atom. The number of carbonyl (C=O) groups is 1. The minimum atomic E-state index is -0.461. The monoisotopic (exact) mass is 426 g/mol. The Labute approximate surface area is 175 Å². The molecular weight excluding hydrogens is 407 g/mol. The van der Waals surface area contributed by atoms with Crippen LogP contribution in [0.25, 0.3) is 5.65 Å². The lowest BCUT2D eigenvalue weighted by atomic mass is 10.0. The SMILES string of the molecule is O=C1N[C@@H]2COCC[C@@H]2Oc2ncc(F)cc2C2CCON2c2ccn3ncc1c3n2. The molecular formula is C20H19FN6O4. The Morgan fingerprint density at radius 1 is 1.23 bits per heavy atom. The first-order valence-electron chi connectivity index (χ1n) is 10.1. The van der Waals surface area contributed by atoms with E-state index in [0.717, 1.165) is 6.20 Å². The third-order valence-electron chi connectivity index (χ3n) is 5.81. The molecule has 3 atom stereocenters. The van der Waals surface area contributed by atoms with Crippen LogP contribution in [0.5, 0.6) is 5.88 Å². The van der Waals surface area contributed by atoms with E-state index in [0.29, 0.717) is 61.1 Å². The molecule has 1 N–H and O–H groups in total. The van der Waals surface area contributed by atoms with Gasteiger partial charge in [0.1, 0.15) is 17.5 Å². The predicted octanol–water partition coefficient (Wildman–Crippen LogP) is 1.43. The number of ether oxygens (including phenoxy) is 2. The van der Waals surface area contributed by atoms with Crippen LogP contribution in [-0.2, 0) is 9.57 Å². The predicted molar refractivity (Wildman–Crippen MR) is 104 cm³/mol. The summed E-state index contributed by atoms with van der Waals surface area (Å²) in [5.74, 6) is 0.0159. The van der Waals surface area contributed by atoms with Crippen LogP contribution in [0.15, 0.2) is 30.7 Å². The highest BCUT2D eigenvalue weighted by molar-refractivity contribution is 6.00. The van der Waals surface area contributed by atoms with Crippen molar-refractivity contribution in [1.29, 1.82) is 0 Å². The van der Waals surface area contributed by atoms with Gasteiger partial charge in [0.15, 0.2) is 11.5 Å². The molecule has 6 rings (SSSR count). The molecule has 1 amide bonds. The maximum Gasteiger partial charge on any atom is 0.257 e. The molecule has 2 fully saturated rings. The minimum absolute atomic E-state index is 0.295. The second-order valence-corrected chi connectivity index (χ2v) is 7.72. The Hall–Kier alpha value is -3.31. The summed E-state index contributed by atoms with van der Waals surface area (Å²) in [7, 11) is 0. The normalized spacial score (nSPS) is 25.5. The Balaban J connectivity index is 1.54. The lowest BCUT2D eigenvalue weighted by molar-refractivity contribution is -0.00506. The number of hydroxylamine groups is 1. The van der Waals surface area contributed by atoms with E-state index in [1.54, 1.807) is 17.3 Å². The van der Waals surface area contributed by atoms with Gasteiger partial charge < -0.3 is 14.8 Å². The smallest absolute Gasteiger partial charge is 0.257 e. The largest absolute Gasteiger partial charge is 0.472 e. The van der Waals surface area contributed by atoms with Gasteiger partial charge in [-0.3, -0.25) is 9.63 Å². The number of hydrogen-bond acceptors (Lipinski definition) is 8. The second-order valence-electron chi connectivity index (χ2n) is 7.72. The zero-order valence-electron chi connectivity index (χ0n) is 16.4. The number of anilines is 1. The summed E-state index contributed by atoms with van der Waals surface area (Å²) in [5, 5.41) is 8.83. The van der Waals surface area contributed by atoms with Gasteiger partial charge in [-0.1, -0.05) is 0 Å². The van der Waals surface area contributed by atoms with E-state index in [-0.39, 0.29) is 18.1 Å². The van der Waals surface area contributed by atoms with Gasteiger partial charge in [-0.15, -0.1) is 0 Å². The summed E-state index contributed by atoms with van der Waals surface area (Å²) in [6.45, 7) is 1.22. The second kappa shape index (κ2) is 7.13. The number of fused-ring (bicyclic) bond motifs is 6. The Kier molecular flexibility index (Phi) is 4.25. The van der Waals surface area contributed by atoms with Crippen molar-refractivity contribution in [1.82, 2.24) is 24.9 Å². The fourth-order valence-corrected chi connectivity index (χ4v) is 4.28. The van der Waals surface area contributed by atoms with Crippen LogP contribution in [0.4, 0.5) is 10.2 Å². The van der Waals surface area contributed by atoms with Crippen molar-refractivity contribution in [3.05, 3.63) is 47.7 Å². The van der Waals surface area contributed by atoms with Gasteiger partial charge in [-0.25, -0.2) is 23.9 Å². The van der Waals surface area contributed by atoms with Crippen LogP contribution >= 0.6 is 0 Å². The summed E-state index contributed by atoms with van der Waals surface area (Å²) in [4.78, 5) is 27.7. The number of pyridine rings is 1. The highest BCUT2D eigenvalue weighted by atomic mass is 19.1. The fourth-order valence-electron chi connectivity index (χ4n) is 4.28. The summed E-state index contributed by atoms with van der Waals surface area (Å²) in [6.07, 6.45) is 5.10. The zero-order valence-corrected chi connectivity index (χ0v) is 16.4. The molecule has 10 nitrogen and oxygen atoms in total. The van der Waals surface area contributed by atoms with Crippen LogP contribution in [0.3, 0.4) is 0 Å². The number of carbonyl (C=O) groups excluding carboxylic acids is 1. The molecule has 0 aromatic carbocycles. The number of nitrogens with one attached hydrogen (secondary N) is 1. The molecule has 6 heterocycles. The summed E-state index contributed by atoms with van der Waals surface area (Å²) in [6, 6.07) is 2.41. The summed E-state index contributed by atoms with van der Waals surface area (Å²) >= 11 is 0. The third kappa shape index (κ3) is 3.08. The minimum Gasteiger partial charge on any atom is -0.472 e. The van der Waals surface area contributed by atoms with Gasteiger partial charge in [0.05, 0.1) is 44.3 Å². The quantitative estimate of drug-likeness (QED) is 0.576. The lowest BCUT2D eigenvalue weighted by Gasteiger charge is -2.33. The summed E-state index contributed by atoms with van der Waals surface area (Å²) < 4.78 is 27.5. The molecule has 3 aromatic rings. The number of amides is 1. The van der Waals surface area contributed by atoms with Crippen molar-refractivity contribution in [3.63, 3.8) is 0 Å². The van der Waals surface area contributed by atoms with Crippen LogP contribution < -0.4 is 15.1 Å². The molecule has 2 saturated heterocycles. The van der Waals surface area contributed by atoms with E-state index in [1.807, 2.05) is 0 Å². The van der Waals surface area contributed by atoms with Crippen LogP contribution in [0, 0.1) is 5.82 Å². The van der Waals surface area contributed by atoms with Gasteiger partial charge in [0, 0.05) is 30.7 Å². The number of hydrogen-bond donors (Lipinski definition) is 1. The average Bonchev–Trinajstić information content (AvgIpc) is 3.42. The molecule has 160 valence electrons. The molecule has 0 saturated carbocycles. The van der Waals surface area contributed by atoms with Crippen molar-refractivity contribution in [2.45, 2.75) is 31.0 Å². The number of aromatic nitrogens is 4. The topological polar surface area (TPSA) is 103 Å². The van der Waals surface area contributed by atoms with Crippen molar-refractivity contribution < 1.29 is 23.5 Å². The average molecular weight is 426 g/mol. The zero-order chi connectivity index (χ0) is 20.9. The molecule has 31 heavy (non-hydrogen) atoms. The van der Waals surface area contributed by atoms with Crippen LogP contribution in [0.1, 0.15) is 34.8 Å². The molecule has 0 aliphatic carbocycles. The standard InChI is InChI=1S/C20H19FN6O4/c21-11-7-12-15-2-6-30-27(15)17-1-4-26-18(25-17)13(9-23-26)19(28)24-14-10-29-5-3-16(14)31-20(12)22-8-11/h1,4,7-9,14-16H,2-3,5-6,10H2,(H,24,28)/t14-,15?,16+/m1/s1. The van der Waals surface area contributed by atoms with E-state index < -0.39 is 11.9 Å². The van der Waals surface area contributed by atoms with Gasteiger partial charge in [0.25, 0.3) is 5.91 Å². The molecule has 2 bridgehead atoms. The van der Waals surface area contributed by atoms with Gasteiger partial charge in [-0.05, 0) is 6.07 Å². The molecule has 3 aliphatic rings. The van der Waals surface area contributed by atoms with Crippen LogP contribution in [-0.4, -0.2) is 57.5 Å². The first kappa shape index (κ1) is 18.5. The van der Waals surface area contributed by atoms with Gasteiger partial charge in [0.2, 0.25) is 5.88 Å². The van der Waals surface area contributed by atoms with E-state index in [9.17, 15) is 9.18 Å². The molecule has 0 radical (unpaired) electrons. The highest BCUT2D eigenvalue weighted by Crippen LogP contribution is 2.38. The van der Waals surface area contributed by atoms with Crippen molar-refractivity contribution >= 4 is 17.4 Å². The highest BCUT2D eigenvalue weighted by Gasteiger charge is 2.36. The Morgan fingerprint density at radius 3 is 3.10 bits per heavy atom. The van der Waals surface area contributed by atoms with E-state index in [2.05, 4.69) is 20.4 Å². The van der Waals surface area contributed by atoms with Crippen LogP contribution in [0.2, 0.25) is 0 Å². The first-order chi connectivity index (χ1) is 15.2. The maximum absolute atomic E-state index is 14.2. The number of rotatable bonds is 0. The first-order valence-corrected chi connectivity index (χ1v) is 10.1. The molecule has 3 aromatic heterocycles. The summed E-state index contributed by atoms with van der Waals surface area (Å²) in [5.41, 5.74) is 1.31. The fraction of sp³-hybridized carbons (Fsp3) is 0.400. The van der Waals surface area contributed by atoms with Gasteiger partial charge >= 0.3 is 0 Å². The maximum atomic E-state index is 14.2. The van der Waals surface area contributed by atoms with E-state index >= 15 is 0 Å². The van der Waals surface area contributed by atoms with Crippen molar-refractivity contribution in [2.24, 2.45) is 0 Å². The van der Waals surface area contributed by atoms with Crippen molar-refractivity contribution in [3.8, 4) is 5.88 Å². The van der Waals surface area contributed by atoms with E-state index in [1.165, 1.54) is 16.8 Å². The lowest BCUT2D eigenvalue weighted by Crippen LogP contribution is -2.52. The molecule has 3 aliphatic heterocycles. The number of halogens is 1. The van der Waals surface area contributed by atoms with E-state index in [4.69, 9.17) is 14.3 Å². The van der Waals surface area contributed by atoms with Crippen molar-refractivity contribution in [2.75, 3.05) is 24.9 Å². The number of nitrogens with zero attached hydrogens (tertiary/aromatic N) is 5. The molecule has 11 heteroatoms. The molecule has 1 unspecified atom stereocenters. The van der Waals surface area contributed by atoms with Gasteiger partial charge in [-0.2, -0.15) is 5.10 Å².